The van der Waals surface area contributed by atoms with E-state index in [-0.39, 0.29) is 11.8 Å². The second kappa shape index (κ2) is 1.52. The summed E-state index contributed by atoms with van der Waals surface area (Å²) in [5, 5.41) is 3.68. The number of hydrogen-bond acceptors (Lipinski definition) is 1. The predicted octanol–water partition coefficient (Wildman–Crippen LogP) is 0.157. The van der Waals surface area contributed by atoms with Crippen LogP contribution in [0.25, 0.3) is 0 Å². The summed E-state index contributed by atoms with van der Waals surface area (Å²) in [6.45, 7) is 2.67. The molecule has 0 unspecified atom stereocenters. The highest BCUT2D eigenvalue weighted by molar-refractivity contribution is 5.79. The molecule has 1 fully saturated rings. The van der Waals surface area contributed by atoms with E-state index in [0.717, 1.165) is 13.0 Å². The van der Waals surface area contributed by atoms with E-state index in [0.29, 0.717) is 0 Å². The molecule has 2 heteroatoms. The fraction of sp³-hybridized carbons (Fsp3) is 0.800. The molecule has 0 saturated carbocycles. The number of hydrogen-bond donors (Lipinski definition) is 0. The van der Waals surface area contributed by atoms with Gasteiger partial charge in [-0.15, -0.1) is 0 Å². The highest BCUT2D eigenvalue weighted by Crippen LogP contribution is 2.07. The summed E-state index contributed by atoms with van der Waals surface area (Å²) in [7, 11) is 0. The quantitative estimate of drug-likeness (QED) is 0.424. The van der Waals surface area contributed by atoms with Crippen LogP contribution in [-0.4, -0.2) is 12.5 Å². The van der Waals surface area contributed by atoms with Gasteiger partial charge in [-0.25, -0.2) is 0 Å². The third-order valence-electron chi connectivity index (χ3n) is 1.25. The molecule has 1 aliphatic rings. The van der Waals surface area contributed by atoms with E-state index in [1.807, 2.05) is 6.92 Å². The maximum Gasteiger partial charge on any atom is 0.244 e. The molecule has 1 radical (unpaired) electrons. The van der Waals surface area contributed by atoms with Crippen molar-refractivity contribution >= 4 is 5.91 Å². The van der Waals surface area contributed by atoms with Crippen molar-refractivity contribution in [1.29, 1.82) is 0 Å². The Morgan fingerprint density at radius 3 is 2.71 bits per heavy atom. The second-order valence-electron chi connectivity index (χ2n) is 1.91. The summed E-state index contributed by atoms with van der Waals surface area (Å²) in [5.74, 6) is 0.292. The number of carbonyl (C=O) groups excluding carboxylic acids is 1. The predicted molar refractivity (Wildman–Crippen MR) is 25.8 cm³/mol. The van der Waals surface area contributed by atoms with Crippen LogP contribution >= 0.6 is 0 Å². The summed E-state index contributed by atoms with van der Waals surface area (Å²) >= 11 is 0. The van der Waals surface area contributed by atoms with Gasteiger partial charge in [-0.2, -0.15) is 0 Å². The Bertz CT molecular complexity index is 90.1. The molecule has 0 bridgehead atoms. The Balaban J connectivity index is 2.48. The lowest BCUT2D eigenvalue weighted by Crippen LogP contribution is -2.09. The Morgan fingerprint density at radius 2 is 2.57 bits per heavy atom. The smallest absolute Gasteiger partial charge is 0.244 e. The highest BCUT2D eigenvalue weighted by atomic mass is 16.2. The number of nitrogens with zero attached hydrogens (tertiary/aromatic N) is 1. The molecule has 0 aromatic carbocycles. The van der Waals surface area contributed by atoms with Gasteiger partial charge in [0.25, 0.3) is 0 Å². The van der Waals surface area contributed by atoms with Crippen LogP contribution in [0.2, 0.25) is 0 Å². The van der Waals surface area contributed by atoms with E-state index in [4.69, 9.17) is 0 Å². The van der Waals surface area contributed by atoms with E-state index in [1.54, 1.807) is 0 Å². The molecular formula is C5H8NO. The zero-order valence-corrected chi connectivity index (χ0v) is 4.35. The maximum atomic E-state index is 10.4. The molecule has 1 amide bonds. The summed E-state index contributed by atoms with van der Waals surface area (Å²) in [6.07, 6.45) is 0.957. The van der Waals surface area contributed by atoms with Gasteiger partial charge < -0.3 is 0 Å². The van der Waals surface area contributed by atoms with E-state index in [2.05, 4.69) is 5.32 Å². The summed E-state index contributed by atoms with van der Waals surface area (Å²) in [5.41, 5.74) is 0. The number of carbonyl (C=O) groups is 1. The Kier molecular flexibility index (Phi) is 1.01. The molecule has 2 nitrogen and oxygen atoms in total. The van der Waals surface area contributed by atoms with Crippen molar-refractivity contribution in [3.05, 3.63) is 0 Å². The van der Waals surface area contributed by atoms with Gasteiger partial charge in [0, 0.05) is 12.5 Å². The first kappa shape index (κ1) is 4.62. The number of amides is 1. The second-order valence-corrected chi connectivity index (χ2v) is 1.91. The van der Waals surface area contributed by atoms with Gasteiger partial charge in [0.15, 0.2) is 0 Å². The first-order valence-corrected chi connectivity index (χ1v) is 2.52. The molecule has 0 spiro atoms. The summed E-state index contributed by atoms with van der Waals surface area (Å²) in [6, 6.07) is 0. The van der Waals surface area contributed by atoms with Crippen LogP contribution in [0.1, 0.15) is 13.3 Å². The Hall–Kier alpha value is -0.530. The maximum absolute atomic E-state index is 10.4. The molecule has 0 N–H and O–H groups in total. The van der Waals surface area contributed by atoms with Crippen molar-refractivity contribution in [2.45, 2.75) is 13.3 Å². The summed E-state index contributed by atoms with van der Waals surface area (Å²) < 4.78 is 0. The molecular weight excluding hydrogens is 90.1 g/mol. The monoisotopic (exact) mass is 98.1 g/mol. The van der Waals surface area contributed by atoms with Gasteiger partial charge in [0.2, 0.25) is 5.91 Å². The van der Waals surface area contributed by atoms with Gasteiger partial charge in [-0.05, 0) is 6.42 Å². The Labute approximate surface area is 42.9 Å². The number of rotatable bonds is 0. The lowest BCUT2D eigenvalue weighted by molar-refractivity contribution is -0.122. The molecule has 0 aromatic rings. The van der Waals surface area contributed by atoms with Crippen LogP contribution in [0.3, 0.4) is 0 Å². The molecule has 1 aliphatic heterocycles. The van der Waals surface area contributed by atoms with Gasteiger partial charge in [-0.3, -0.25) is 10.1 Å². The van der Waals surface area contributed by atoms with Crippen molar-refractivity contribution in [2.75, 3.05) is 6.54 Å². The van der Waals surface area contributed by atoms with Crippen molar-refractivity contribution in [3.8, 4) is 0 Å². The first-order valence-electron chi connectivity index (χ1n) is 2.52. The van der Waals surface area contributed by atoms with Gasteiger partial charge in [0.05, 0.1) is 0 Å². The van der Waals surface area contributed by atoms with Crippen LogP contribution < -0.4 is 5.32 Å². The molecule has 1 atom stereocenters. The minimum Gasteiger partial charge on any atom is -0.273 e. The fourth-order valence-corrected chi connectivity index (χ4v) is 0.648. The van der Waals surface area contributed by atoms with Crippen LogP contribution in [0.4, 0.5) is 0 Å². The zero-order valence-electron chi connectivity index (χ0n) is 4.35. The summed E-state index contributed by atoms with van der Waals surface area (Å²) in [4.78, 5) is 10.4. The SMILES string of the molecule is C[C@H]1CC[N]C1=O. The van der Waals surface area contributed by atoms with Gasteiger partial charge in [-0.1, -0.05) is 6.92 Å². The molecule has 1 rings (SSSR count). The fourth-order valence-electron chi connectivity index (χ4n) is 0.648. The Morgan fingerprint density at radius 1 is 1.86 bits per heavy atom. The third-order valence-corrected chi connectivity index (χ3v) is 1.25. The molecule has 39 valence electrons. The standard InChI is InChI=1S/C5H8NO/c1-4-2-3-6-5(4)7/h4H,2-3H2,1H3/t4-/m0/s1. The molecule has 7 heavy (non-hydrogen) atoms. The van der Waals surface area contributed by atoms with Crippen molar-refractivity contribution in [3.63, 3.8) is 0 Å². The van der Waals surface area contributed by atoms with Crippen LogP contribution in [0.5, 0.6) is 0 Å². The van der Waals surface area contributed by atoms with Crippen LogP contribution in [-0.2, 0) is 4.79 Å². The van der Waals surface area contributed by atoms with Gasteiger partial charge >= 0.3 is 0 Å². The van der Waals surface area contributed by atoms with E-state index < -0.39 is 0 Å². The first-order chi connectivity index (χ1) is 3.30. The molecule has 1 heterocycles. The highest BCUT2D eigenvalue weighted by Gasteiger charge is 2.19. The zero-order chi connectivity index (χ0) is 5.28. The molecule has 0 aliphatic carbocycles. The normalized spacial score (nSPS) is 30.4. The lowest BCUT2D eigenvalue weighted by Gasteiger charge is -1.88. The van der Waals surface area contributed by atoms with Crippen molar-refractivity contribution in [2.24, 2.45) is 5.92 Å². The average molecular weight is 98.1 g/mol. The minimum atomic E-state index is 0.0833. The molecule has 1 saturated heterocycles. The van der Waals surface area contributed by atoms with E-state index in [1.165, 1.54) is 0 Å². The van der Waals surface area contributed by atoms with Gasteiger partial charge in [0.1, 0.15) is 0 Å². The minimum absolute atomic E-state index is 0.0833. The van der Waals surface area contributed by atoms with E-state index >= 15 is 0 Å². The topological polar surface area (TPSA) is 31.2 Å². The van der Waals surface area contributed by atoms with Crippen LogP contribution in [0.15, 0.2) is 0 Å². The van der Waals surface area contributed by atoms with E-state index in [9.17, 15) is 4.79 Å². The third kappa shape index (κ3) is 0.734. The molecule has 0 aromatic heterocycles. The largest absolute Gasteiger partial charge is 0.273 e. The van der Waals surface area contributed by atoms with Crippen LogP contribution in [0, 0.1) is 5.92 Å². The van der Waals surface area contributed by atoms with Crippen molar-refractivity contribution in [1.82, 2.24) is 5.32 Å². The van der Waals surface area contributed by atoms with Crippen molar-refractivity contribution < 1.29 is 4.79 Å². The lowest BCUT2D eigenvalue weighted by atomic mass is 10.1. The average Bonchev–Trinajstić information content (AvgIpc) is 1.91.